The highest BCUT2D eigenvalue weighted by Gasteiger charge is 2.15. The number of anilines is 1. The standard InChI is InChI=1S/C19H17ClN2OS/c1-11-8-9-14(10-12(11)2)17-13(3)24-19(21-17)22-18(23)15-6-4-5-7-16(15)20/h4-10H,1-3H3,(H,21,22,23). The van der Waals surface area contributed by atoms with Gasteiger partial charge in [0.25, 0.3) is 5.91 Å². The van der Waals surface area contributed by atoms with Gasteiger partial charge in [-0.05, 0) is 50.1 Å². The van der Waals surface area contributed by atoms with E-state index in [0.29, 0.717) is 15.7 Å². The lowest BCUT2D eigenvalue weighted by Crippen LogP contribution is -2.12. The molecule has 2 aromatic carbocycles. The Bertz CT molecular complexity index is 917. The molecule has 122 valence electrons. The second kappa shape index (κ2) is 6.75. The number of hydrogen-bond donors (Lipinski definition) is 1. The molecule has 0 aliphatic carbocycles. The van der Waals surface area contributed by atoms with Gasteiger partial charge < -0.3 is 0 Å². The summed E-state index contributed by atoms with van der Waals surface area (Å²) in [5, 5.41) is 3.84. The van der Waals surface area contributed by atoms with Crippen LogP contribution in [0.3, 0.4) is 0 Å². The maximum Gasteiger partial charge on any atom is 0.258 e. The van der Waals surface area contributed by atoms with Crippen molar-refractivity contribution in [3.05, 3.63) is 69.1 Å². The molecule has 1 heterocycles. The number of carbonyl (C=O) groups excluding carboxylic acids is 1. The minimum atomic E-state index is -0.249. The van der Waals surface area contributed by atoms with Gasteiger partial charge in [0.15, 0.2) is 5.13 Å². The number of aromatic nitrogens is 1. The van der Waals surface area contributed by atoms with E-state index in [0.717, 1.165) is 16.1 Å². The molecule has 0 aliphatic rings. The summed E-state index contributed by atoms with van der Waals surface area (Å²) in [7, 11) is 0. The molecule has 0 unspecified atom stereocenters. The van der Waals surface area contributed by atoms with Crippen LogP contribution in [-0.2, 0) is 0 Å². The van der Waals surface area contributed by atoms with E-state index in [1.165, 1.54) is 22.5 Å². The summed E-state index contributed by atoms with van der Waals surface area (Å²) in [6.45, 7) is 6.18. The fourth-order valence-corrected chi connectivity index (χ4v) is 3.47. The molecule has 3 aromatic rings. The molecular weight excluding hydrogens is 340 g/mol. The van der Waals surface area contributed by atoms with E-state index in [4.69, 9.17) is 11.6 Å². The van der Waals surface area contributed by atoms with Crippen LogP contribution in [0, 0.1) is 20.8 Å². The van der Waals surface area contributed by atoms with Crippen LogP contribution in [0.25, 0.3) is 11.3 Å². The van der Waals surface area contributed by atoms with E-state index in [1.54, 1.807) is 24.3 Å². The first kappa shape index (κ1) is 16.7. The second-order valence-corrected chi connectivity index (χ2v) is 7.27. The SMILES string of the molecule is Cc1ccc(-c2nc(NC(=O)c3ccccc3Cl)sc2C)cc1C. The van der Waals surface area contributed by atoms with Crippen LogP contribution in [0.15, 0.2) is 42.5 Å². The largest absolute Gasteiger partial charge is 0.298 e. The topological polar surface area (TPSA) is 42.0 Å². The normalized spacial score (nSPS) is 10.7. The Morgan fingerprint density at radius 2 is 1.83 bits per heavy atom. The lowest BCUT2D eigenvalue weighted by molar-refractivity contribution is 0.102. The van der Waals surface area contributed by atoms with Gasteiger partial charge in [0, 0.05) is 10.4 Å². The van der Waals surface area contributed by atoms with Gasteiger partial charge in [-0.1, -0.05) is 35.9 Å². The van der Waals surface area contributed by atoms with Crippen molar-refractivity contribution in [3.63, 3.8) is 0 Å². The Morgan fingerprint density at radius 3 is 2.54 bits per heavy atom. The van der Waals surface area contributed by atoms with E-state index in [1.807, 2.05) is 6.92 Å². The lowest BCUT2D eigenvalue weighted by atomic mass is 10.0. The molecule has 0 atom stereocenters. The number of carbonyl (C=O) groups is 1. The lowest BCUT2D eigenvalue weighted by Gasteiger charge is -2.04. The summed E-state index contributed by atoms with van der Waals surface area (Å²) in [6.07, 6.45) is 0. The average molecular weight is 357 g/mol. The van der Waals surface area contributed by atoms with E-state index in [2.05, 4.69) is 42.3 Å². The molecule has 1 aromatic heterocycles. The van der Waals surface area contributed by atoms with Gasteiger partial charge >= 0.3 is 0 Å². The smallest absolute Gasteiger partial charge is 0.258 e. The summed E-state index contributed by atoms with van der Waals surface area (Å²) in [6, 6.07) is 13.2. The summed E-state index contributed by atoms with van der Waals surface area (Å²) in [4.78, 5) is 18.0. The number of nitrogens with zero attached hydrogens (tertiary/aromatic N) is 1. The van der Waals surface area contributed by atoms with Crippen molar-refractivity contribution in [2.45, 2.75) is 20.8 Å². The van der Waals surface area contributed by atoms with Crippen LogP contribution in [0.2, 0.25) is 5.02 Å². The third kappa shape index (κ3) is 3.35. The highest BCUT2D eigenvalue weighted by Crippen LogP contribution is 2.31. The van der Waals surface area contributed by atoms with Crippen molar-refractivity contribution in [2.75, 3.05) is 5.32 Å². The molecule has 0 fully saturated rings. The first-order chi connectivity index (χ1) is 11.5. The minimum Gasteiger partial charge on any atom is -0.298 e. The molecule has 1 amide bonds. The molecule has 0 radical (unpaired) electrons. The van der Waals surface area contributed by atoms with E-state index in [9.17, 15) is 4.79 Å². The zero-order chi connectivity index (χ0) is 17.3. The third-order valence-corrected chi connectivity index (χ3v) is 5.13. The van der Waals surface area contributed by atoms with Gasteiger partial charge in [-0.2, -0.15) is 0 Å². The Hall–Kier alpha value is -2.17. The summed E-state index contributed by atoms with van der Waals surface area (Å²) >= 11 is 7.53. The quantitative estimate of drug-likeness (QED) is 0.659. The fourth-order valence-electron chi connectivity index (χ4n) is 2.42. The predicted molar refractivity (Wildman–Crippen MR) is 101 cm³/mol. The van der Waals surface area contributed by atoms with Gasteiger partial charge in [0.1, 0.15) is 0 Å². The molecule has 3 rings (SSSR count). The van der Waals surface area contributed by atoms with Gasteiger partial charge in [0.2, 0.25) is 0 Å². The van der Waals surface area contributed by atoms with Crippen molar-refractivity contribution >= 4 is 34.0 Å². The molecule has 0 bridgehead atoms. The predicted octanol–water partition coefficient (Wildman–Crippen LogP) is 5.64. The first-order valence-electron chi connectivity index (χ1n) is 7.56. The first-order valence-corrected chi connectivity index (χ1v) is 8.76. The summed E-state index contributed by atoms with van der Waals surface area (Å²) in [5.74, 6) is -0.249. The van der Waals surface area contributed by atoms with Crippen LogP contribution in [-0.4, -0.2) is 10.9 Å². The number of benzene rings is 2. The van der Waals surface area contributed by atoms with Crippen LogP contribution in [0.1, 0.15) is 26.4 Å². The zero-order valence-corrected chi connectivity index (χ0v) is 15.3. The molecule has 0 aliphatic heterocycles. The van der Waals surface area contributed by atoms with Crippen molar-refractivity contribution in [1.29, 1.82) is 0 Å². The van der Waals surface area contributed by atoms with Gasteiger partial charge in [0.05, 0.1) is 16.3 Å². The van der Waals surface area contributed by atoms with E-state index in [-0.39, 0.29) is 5.91 Å². The monoisotopic (exact) mass is 356 g/mol. The Kier molecular flexibility index (Phi) is 4.69. The highest BCUT2D eigenvalue weighted by atomic mass is 35.5. The van der Waals surface area contributed by atoms with Crippen LogP contribution in [0.4, 0.5) is 5.13 Å². The summed E-state index contributed by atoms with van der Waals surface area (Å²) < 4.78 is 0. The number of thiazole rings is 1. The molecule has 5 heteroatoms. The zero-order valence-electron chi connectivity index (χ0n) is 13.7. The van der Waals surface area contributed by atoms with Crippen LogP contribution >= 0.6 is 22.9 Å². The molecule has 1 N–H and O–H groups in total. The molecule has 0 spiro atoms. The van der Waals surface area contributed by atoms with Crippen LogP contribution < -0.4 is 5.32 Å². The van der Waals surface area contributed by atoms with Crippen molar-refractivity contribution < 1.29 is 4.79 Å². The Morgan fingerprint density at radius 1 is 1.08 bits per heavy atom. The average Bonchev–Trinajstić information content (AvgIpc) is 2.91. The van der Waals surface area contributed by atoms with Crippen molar-refractivity contribution in [2.24, 2.45) is 0 Å². The fraction of sp³-hybridized carbons (Fsp3) is 0.158. The maximum absolute atomic E-state index is 12.4. The molecule has 0 saturated heterocycles. The maximum atomic E-state index is 12.4. The molecule has 24 heavy (non-hydrogen) atoms. The van der Waals surface area contributed by atoms with Crippen molar-refractivity contribution in [3.8, 4) is 11.3 Å². The minimum absolute atomic E-state index is 0.249. The van der Waals surface area contributed by atoms with Gasteiger partial charge in [-0.25, -0.2) is 4.98 Å². The number of nitrogens with one attached hydrogen (secondary N) is 1. The second-order valence-electron chi connectivity index (χ2n) is 5.66. The number of aryl methyl sites for hydroxylation is 3. The molecule has 3 nitrogen and oxygen atoms in total. The summed E-state index contributed by atoms with van der Waals surface area (Å²) in [5.41, 5.74) is 4.88. The Balaban J connectivity index is 1.88. The van der Waals surface area contributed by atoms with Crippen molar-refractivity contribution in [1.82, 2.24) is 4.98 Å². The molecular formula is C19H17ClN2OS. The number of rotatable bonds is 3. The highest BCUT2D eigenvalue weighted by molar-refractivity contribution is 7.16. The third-order valence-electron chi connectivity index (χ3n) is 3.92. The van der Waals surface area contributed by atoms with Gasteiger partial charge in [-0.3, -0.25) is 10.1 Å². The number of amides is 1. The van der Waals surface area contributed by atoms with E-state index >= 15 is 0 Å². The van der Waals surface area contributed by atoms with E-state index < -0.39 is 0 Å². The van der Waals surface area contributed by atoms with Gasteiger partial charge in [-0.15, -0.1) is 11.3 Å². The number of hydrogen-bond acceptors (Lipinski definition) is 3. The van der Waals surface area contributed by atoms with Crippen LogP contribution in [0.5, 0.6) is 0 Å². The Labute approximate surface area is 150 Å². The molecule has 0 saturated carbocycles. The number of halogens is 1.